The normalized spacial score (nSPS) is 22.3. The van der Waals surface area contributed by atoms with E-state index < -0.39 is 40.7 Å². The van der Waals surface area contributed by atoms with Crippen molar-refractivity contribution in [3.63, 3.8) is 0 Å². The first-order valence-electron chi connectivity index (χ1n) is 13.4. The molecule has 0 aliphatic carbocycles. The Hall–Kier alpha value is -4.90. The summed E-state index contributed by atoms with van der Waals surface area (Å²) in [4.78, 5) is 69.1. The van der Waals surface area contributed by atoms with E-state index in [0.29, 0.717) is 32.5 Å². The van der Waals surface area contributed by atoms with Gasteiger partial charge in [-0.05, 0) is 58.8 Å². The molecule has 2 amide bonds. The van der Waals surface area contributed by atoms with Crippen molar-refractivity contribution in [1.82, 2.24) is 4.90 Å². The lowest BCUT2D eigenvalue weighted by Gasteiger charge is -2.33. The number of aryl methyl sites for hydroxylation is 1. The molecule has 11 heteroatoms. The summed E-state index contributed by atoms with van der Waals surface area (Å²) < 4.78 is 5.84. The number of carbonyl (C=O) groups is 4. The maximum Gasteiger partial charge on any atom is 0.269 e. The molecular weight excluding hydrogens is 618 g/mol. The summed E-state index contributed by atoms with van der Waals surface area (Å²) in [6, 6.07) is 15.6. The summed E-state index contributed by atoms with van der Waals surface area (Å²) in [5.41, 5.74) is 1.54. The first-order chi connectivity index (χ1) is 20.6. The molecule has 3 aliphatic rings. The molecule has 3 aromatic carbocycles. The van der Waals surface area contributed by atoms with Crippen molar-refractivity contribution in [2.24, 2.45) is 11.8 Å². The number of anilines is 1. The topological polar surface area (TPSA) is 127 Å². The Morgan fingerprint density at radius 1 is 0.953 bits per heavy atom. The SMILES string of the molecule is COc1ccc(C(=O)[C@@H]2[C@@H]3C(=O)N(c4ccc([N+](=O)[O-])cc4C)C(=O)[C@@H]3[C@H]3C=C(C(=O)c4ccccc4)C=CN32)cc1Br. The Bertz CT molecular complexity index is 1780. The number of amides is 2. The number of benzene rings is 3. The average Bonchev–Trinajstić information content (AvgIpc) is 3.48. The van der Waals surface area contributed by atoms with Crippen LogP contribution in [0.2, 0.25) is 0 Å². The Kier molecular flexibility index (Phi) is 7.05. The third kappa shape index (κ3) is 4.56. The lowest BCUT2D eigenvalue weighted by Crippen LogP contribution is -2.46. The summed E-state index contributed by atoms with van der Waals surface area (Å²) in [7, 11) is 1.50. The zero-order chi connectivity index (χ0) is 30.6. The molecule has 0 spiro atoms. The number of Topliss-reactive ketones (excluding diaryl/α,β-unsaturated/α-hetero) is 2. The number of allylic oxidation sites excluding steroid dienone is 2. The van der Waals surface area contributed by atoms with E-state index in [1.807, 2.05) is 0 Å². The lowest BCUT2D eigenvalue weighted by molar-refractivity contribution is -0.384. The Morgan fingerprint density at radius 2 is 1.67 bits per heavy atom. The van der Waals surface area contributed by atoms with Gasteiger partial charge in [0.2, 0.25) is 11.8 Å². The van der Waals surface area contributed by atoms with Crippen molar-refractivity contribution in [1.29, 1.82) is 0 Å². The molecule has 6 rings (SSSR count). The maximum atomic E-state index is 14.1. The van der Waals surface area contributed by atoms with Crippen LogP contribution in [0.3, 0.4) is 0 Å². The van der Waals surface area contributed by atoms with E-state index in [1.54, 1.807) is 78.7 Å². The second kappa shape index (κ2) is 10.7. The zero-order valence-corrected chi connectivity index (χ0v) is 24.6. The van der Waals surface area contributed by atoms with E-state index in [-0.39, 0.29) is 22.9 Å². The number of nitrogens with zero attached hydrogens (tertiary/aromatic N) is 3. The first-order valence-corrected chi connectivity index (χ1v) is 14.2. The molecule has 3 aliphatic heterocycles. The largest absolute Gasteiger partial charge is 0.496 e. The highest BCUT2D eigenvalue weighted by Crippen LogP contribution is 2.48. The molecule has 3 aromatic rings. The summed E-state index contributed by atoms with van der Waals surface area (Å²) in [6.45, 7) is 1.58. The third-order valence-electron chi connectivity index (χ3n) is 8.18. The predicted octanol–water partition coefficient (Wildman–Crippen LogP) is 5.05. The van der Waals surface area contributed by atoms with Crippen LogP contribution in [0.15, 0.2) is 95.1 Å². The Labute approximate surface area is 254 Å². The minimum atomic E-state index is -1.06. The fraction of sp³-hybridized carbons (Fsp3) is 0.188. The second-order valence-corrected chi connectivity index (χ2v) is 11.4. The molecule has 0 N–H and O–H groups in total. The molecule has 0 unspecified atom stereocenters. The smallest absolute Gasteiger partial charge is 0.269 e. The number of fused-ring (bicyclic) bond motifs is 3. The van der Waals surface area contributed by atoms with E-state index in [2.05, 4.69) is 15.9 Å². The number of halogens is 1. The molecule has 10 nitrogen and oxygen atoms in total. The zero-order valence-electron chi connectivity index (χ0n) is 23.0. The van der Waals surface area contributed by atoms with E-state index in [1.165, 1.54) is 25.3 Å². The maximum absolute atomic E-state index is 14.1. The number of hydrogen-bond acceptors (Lipinski definition) is 8. The Balaban J connectivity index is 1.44. The van der Waals surface area contributed by atoms with Gasteiger partial charge in [0.15, 0.2) is 11.6 Å². The molecule has 216 valence electrons. The van der Waals surface area contributed by atoms with Crippen LogP contribution in [0.5, 0.6) is 5.75 Å². The quantitative estimate of drug-likeness (QED) is 0.152. The summed E-state index contributed by atoms with van der Waals surface area (Å²) in [5, 5.41) is 11.3. The van der Waals surface area contributed by atoms with E-state index >= 15 is 0 Å². The van der Waals surface area contributed by atoms with Crippen LogP contribution in [-0.2, 0) is 9.59 Å². The molecule has 2 fully saturated rings. The number of nitro groups is 1. The van der Waals surface area contributed by atoms with E-state index in [4.69, 9.17) is 4.74 Å². The number of nitro benzene ring substituents is 1. The van der Waals surface area contributed by atoms with Crippen LogP contribution < -0.4 is 9.64 Å². The van der Waals surface area contributed by atoms with Gasteiger partial charge < -0.3 is 9.64 Å². The number of imide groups is 1. The van der Waals surface area contributed by atoms with Gasteiger partial charge >= 0.3 is 0 Å². The van der Waals surface area contributed by atoms with Gasteiger partial charge in [0.25, 0.3) is 5.69 Å². The minimum Gasteiger partial charge on any atom is -0.496 e. The van der Waals surface area contributed by atoms with Crippen molar-refractivity contribution >= 4 is 50.7 Å². The Morgan fingerprint density at radius 3 is 2.33 bits per heavy atom. The number of carbonyl (C=O) groups excluding carboxylic acids is 4. The number of rotatable bonds is 7. The number of hydrogen-bond donors (Lipinski definition) is 0. The molecule has 0 aromatic heterocycles. The van der Waals surface area contributed by atoms with Gasteiger partial charge in [0, 0.05) is 35.0 Å². The van der Waals surface area contributed by atoms with Crippen LogP contribution in [-0.4, -0.2) is 52.4 Å². The fourth-order valence-corrected chi connectivity index (χ4v) is 6.73. The van der Waals surface area contributed by atoms with Crippen LogP contribution in [0.1, 0.15) is 26.3 Å². The summed E-state index contributed by atoms with van der Waals surface area (Å²) in [5.74, 6) is -3.25. The van der Waals surface area contributed by atoms with Gasteiger partial charge in [-0.25, -0.2) is 4.90 Å². The standard InChI is InChI=1S/C32H24BrN3O7/c1-17-14-21(36(41)42)9-10-23(17)35-31(39)26-24-16-20(29(37)18-6-4-3-5-7-18)12-13-34(24)28(27(26)32(35)40)30(38)19-8-11-25(43-2)22(33)15-19/h3-16,24,26-28H,1-2H3/t24-,26-,27-,28+/m1/s1. The van der Waals surface area contributed by atoms with E-state index in [9.17, 15) is 29.3 Å². The molecule has 43 heavy (non-hydrogen) atoms. The average molecular weight is 642 g/mol. The molecule has 0 saturated carbocycles. The van der Waals surface area contributed by atoms with Crippen molar-refractivity contribution in [2.45, 2.75) is 19.0 Å². The van der Waals surface area contributed by atoms with Crippen LogP contribution in [0.25, 0.3) is 0 Å². The van der Waals surface area contributed by atoms with Gasteiger partial charge in [0.05, 0.1) is 40.1 Å². The van der Waals surface area contributed by atoms with Crippen LogP contribution in [0.4, 0.5) is 11.4 Å². The van der Waals surface area contributed by atoms with Gasteiger partial charge in [-0.1, -0.05) is 36.4 Å². The van der Waals surface area contributed by atoms with Crippen LogP contribution in [0, 0.1) is 28.9 Å². The summed E-state index contributed by atoms with van der Waals surface area (Å²) in [6.07, 6.45) is 4.87. The number of non-ortho nitro benzene ring substituents is 1. The predicted molar refractivity (Wildman–Crippen MR) is 160 cm³/mol. The summed E-state index contributed by atoms with van der Waals surface area (Å²) >= 11 is 3.41. The highest BCUT2D eigenvalue weighted by atomic mass is 79.9. The van der Waals surface area contributed by atoms with Crippen LogP contribution >= 0.6 is 15.9 Å². The molecule has 3 heterocycles. The van der Waals surface area contributed by atoms with Gasteiger partial charge in [-0.2, -0.15) is 0 Å². The molecular formula is C32H24BrN3O7. The molecule has 4 atom stereocenters. The van der Waals surface area contributed by atoms with Gasteiger partial charge in [0.1, 0.15) is 11.8 Å². The van der Waals surface area contributed by atoms with Crippen molar-refractivity contribution in [3.8, 4) is 5.75 Å². The fourth-order valence-electron chi connectivity index (χ4n) is 6.19. The lowest BCUT2D eigenvalue weighted by atomic mass is 9.85. The molecule has 0 bridgehead atoms. The number of methoxy groups -OCH3 is 1. The molecule has 2 saturated heterocycles. The first kappa shape index (κ1) is 28.2. The third-order valence-corrected chi connectivity index (χ3v) is 8.80. The minimum absolute atomic E-state index is 0.172. The van der Waals surface area contributed by atoms with Gasteiger partial charge in [-0.15, -0.1) is 0 Å². The monoisotopic (exact) mass is 641 g/mol. The highest BCUT2D eigenvalue weighted by Gasteiger charge is 2.63. The van der Waals surface area contributed by atoms with Crippen molar-refractivity contribution < 1.29 is 28.8 Å². The van der Waals surface area contributed by atoms with Crippen molar-refractivity contribution in [3.05, 3.63) is 122 Å². The van der Waals surface area contributed by atoms with Crippen molar-refractivity contribution in [2.75, 3.05) is 12.0 Å². The number of ether oxygens (including phenoxy) is 1. The highest BCUT2D eigenvalue weighted by molar-refractivity contribution is 9.10. The van der Waals surface area contributed by atoms with Gasteiger partial charge in [-0.3, -0.25) is 29.3 Å². The van der Waals surface area contributed by atoms with E-state index in [0.717, 1.165) is 4.90 Å². The number of ketones is 2. The molecule has 0 radical (unpaired) electrons. The second-order valence-electron chi connectivity index (χ2n) is 10.5.